The predicted octanol–water partition coefficient (Wildman–Crippen LogP) is 2.68. The van der Waals surface area contributed by atoms with Crippen molar-refractivity contribution in [1.29, 1.82) is 0 Å². The SMILES string of the molecule is CCc1cn[nH]c1C1CCN(C(=O)c2cnc3sc(C)c(C)n3c2=O)CC1. The van der Waals surface area contributed by atoms with E-state index in [4.69, 9.17) is 0 Å². The van der Waals surface area contributed by atoms with Gasteiger partial charge in [0.15, 0.2) is 4.96 Å². The van der Waals surface area contributed by atoms with Crippen LogP contribution in [0, 0.1) is 13.8 Å². The monoisotopic (exact) mass is 385 g/mol. The molecule has 4 rings (SSSR count). The largest absolute Gasteiger partial charge is 0.338 e. The molecule has 0 spiro atoms. The highest BCUT2D eigenvalue weighted by Gasteiger charge is 2.28. The van der Waals surface area contributed by atoms with Crippen molar-refractivity contribution in [1.82, 2.24) is 24.5 Å². The number of amides is 1. The van der Waals surface area contributed by atoms with Crippen molar-refractivity contribution in [3.8, 4) is 0 Å². The first-order valence-electron chi connectivity index (χ1n) is 9.30. The smallest absolute Gasteiger partial charge is 0.271 e. The van der Waals surface area contributed by atoms with Crippen molar-refractivity contribution < 1.29 is 4.79 Å². The second-order valence-corrected chi connectivity index (χ2v) is 8.25. The number of rotatable bonds is 3. The zero-order chi connectivity index (χ0) is 19.1. The van der Waals surface area contributed by atoms with Gasteiger partial charge in [-0.3, -0.25) is 19.1 Å². The van der Waals surface area contributed by atoms with Gasteiger partial charge in [0.05, 0.1) is 6.20 Å². The van der Waals surface area contributed by atoms with Crippen LogP contribution in [0.2, 0.25) is 0 Å². The van der Waals surface area contributed by atoms with E-state index in [1.54, 1.807) is 9.30 Å². The zero-order valence-corrected chi connectivity index (χ0v) is 16.6. The summed E-state index contributed by atoms with van der Waals surface area (Å²) in [6, 6.07) is 0. The van der Waals surface area contributed by atoms with Crippen molar-refractivity contribution in [3.63, 3.8) is 0 Å². The molecule has 0 radical (unpaired) electrons. The van der Waals surface area contributed by atoms with Crippen molar-refractivity contribution in [2.24, 2.45) is 0 Å². The van der Waals surface area contributed by atoms with Crippen LogP contribution in [-0.2, 0) is 6.42 Å². The maximum atomic E-state index is 13.0. The number of fused-ring (bicyclic) bond motifs is 1. The second kappa shape index (κ2) is 6.92. The van der Waals surface area contributed by atoms with Crippen molar-refractivity contribution in [2.45, 2.75) is 46.0 Å². The lowest BCUT2D eigenvalue weighted by molar-refractivity contribution is 0.0709. The molecule has 1 amide bonds. The van der Waals surface area contributed by atoms with Crippen molar-refractivity contribution >= 4 is 22.2 Å². The first-order valence-corrected chi connectivity index (χ1v) is 10.1. The lowest BCUT2D eigenvalue weighted by Gasteiger charge is -2.31. The molecular weight excluding hydrogens is 362 g/mol. The summed E-state index contributed by atoms with van der Waals surface area (Å²) in [4.78, 5) is 33.6. The maximum absolute atomic E-state index is 13.0. The molecule has 1 fully saturated rings. The van der Waals surface area contributed by atoms with E-state index in [2.05, 4.69) is 22.1 Å². The molecule has 0 unspecified atom stereocenters. The third kappa shape index (κ3) is 2.97. The third-order valence-corrected chi connectivity index (χ3v) is 6.64. The number of nitrogens with zero attached hydrogens (tertiary/aromatic N) is 4. The quantitative estimate of drug-likeness (QED) is 0.751. The molecule has 27 heavy (non-hydrogen) atoms. The number of nitrogens with one attached hydrogen (secondary N) is 1. The Morgan fingerprint density at radius 2 is 2.04 bits per heavy atom. The summed E-state index contributed by atoms with van der Waals surface area (Å²) in [5.41, 5.74) is 3.18. The average Bonchev–Trinajstić information content (AvgIpc) is 3.27. The fraction of sp³-hybridized carbons (Fsp3) is 0.474. The molecule has 1 N–H and O–H groups in total. The Balaban J connectivity index is 1.55. The summed E-state index contributed by atoms with van der Waals surface area (Å²) in [6.45, 7) is 7.24. The molecule has 0 aromatic carbocycles. The summed E-state index contributed by atoms with van der Waals surface area (Å²) in [7, 11) is 0. The van der Waals surface area contributed by atoms with Crippen LogP contribution in [0.15, 0.2) is 17.2 Å². The maximum Gasteiger partial charge on any atom is 0.271 e. The van der Waals surface area contributed by atoms with Crippen LogP contribution in [-0.4, -0.2) is 43.5 Å². The van der Waals surface area contributed by atoms with Gasteiger partial charge in [-0.15, -0.1) is 11.3 Å². The van der Waals surface area contributed by atoms with Gasteiger partial charge in [-0.1, -0.05) is 6.92 Å². The van der Waals surface area contributed by atoms with E-state index < -0.39 is 0 Å². The molecule has 0 saturated carbocycles. The third-order valence-electron chi connectivity index (χ3n) is 5.57. The Morgan fingerprint density at radius 1 is 1.30 bits per heavy atom. The molecule has 1 aliphatic heterocycles. The average molecular weight is 385 g/mol. The number of piperidine rings is 1. The van der Waals surface area contributed by atoms with E-state index in [1.807, 2.05) is 20.0 Å². The van der Waals surface area contributed by atoms with Crippen LogP contribution in [0.4, 0.5) is 0 Å². The Morgan fingerprint density at radius 3 is 2.74 bits per heavy atom. The number of hydrogen-bond donors (Lipinski definition) is 1. The van der Waals surface area contributed by atoms with Gasteiger partial charge in [0.1, 0.15) is 5.56 Å². The molecule has 3 aromatic heterocycles. The number of likely N-dealkylation sites (tertiary alicyclic amines) is 1. The fourth-order valence-electron chi connectivity index (χ4n) is 3.82. The summed E-state index contributed by atoms with van der Waals surface area (Å²) in [6.07, 6.45) is 6.02. The Bertz CT molecular complexity index is 1060. The molecule has 1 saturated heterocycles. The van der Waals surface area contributed by atoms with Gasteiger partial charge in [0.25, 0.3) is 11.5 Å². The summed E-state index contributed by atoms with van der Waals surface area (Å²) >= 11 is 1.47. The van der Waals surface area contributed by atoms with Gasteiger partial charge in [0, 0.05) is 41.5 Å². The lowest BCUT2D eigenvalue weighted by Crippen LogP contribution is -2.41. The van der Waals surface area contributed by atoms with Crippen LogP contribution < -0.4 is 5.56 Å². The first kappa shape index (κ1) is 17.9. The van der Waals surface area contributed by atoms with Crippen LogP contribution in [0.3, 0.4) is 0 Å². The number of aryl methyl sites for hydroxylation is 3. The molecule has 3 aromatic rings. The number of hydrogen-bond acceptors (Lipinski definition) is 5. The normalized spacial score (nSPS) is 15.6. The summed E-state index contributed by atoms with van der Waals surface area (Å²) < 4.78 is 1.55. The minimum absolute atomic E-state index is 0.155. The number of carbonyl (C=O) groups is 1. The van der Waals surface area contributed by atoms with E-state index in [-0.39, 0.29) is 17.0 Å². The topological polar surface area (TPSA) is 83.4 Å². The zero-order valence-electron chi connectivity index (χ0n) is 15.8. The molecule has 7 nitrogen and oxygen atoms in total. The van der Waals surface area contributed by atoms with Gasteiger partial charge >= 0.3 is 0 Å². The van der Waals surface area contributed by atoms with Gasteiger partial charge in [-0.05, 0) is 38.7 Å². The first-order chi connectivity index (χ1) is 13.0. The standard InChI is InChI=1S/C19H23N5O2S/c1-4-13-9-21-22-16(13)14-5-7-23(8-6-14)17(25)15-10-20-19-24(18(15)26)11(2)12(3)27-19/h9-10,14H,4-8H2,1-3H3,(H,21,22). The van der Waals surface area contributed by atoms with Gasteiger partial charge in [-0.2, -0.15) is 5.10 Å². The number of H-pyrrole nitrogens is 1. The lowest BCUT2D eigenvalue weighted by atomic mass is 9.90. The van der Waals surface area contributed by atoms with E-state index in [9.17, 15) is 9.59 Å². The molecular formula is C19H23N5O2S. The second-order valence-electron chi connectivity index (χ2n) is 7.07. The van der Waals surface area contributed by atoms with Crippen molar-refractivity contribution in [3.05, 3.63) is 50.1 Å². The Kier molecular flexibility index (Phi) is 4.59. The molecule has 4 heterocycles. The molecule has 142 valence electrons. The molecule has 1 aliphatic rings. The van der Waals surface area contributed by atoms with Gasteiger partial charge in [0.2, 0.25) is 0 Å². The number of aromatic amines is 1. The number of thiazole rings is 1. The predicted molar refractivity (Wildman–Crippen MR) is 105 cm³/mol. The van der Waals surface area contributed by atoms with Crippen LogP contribution >= 0.6 is 11.3 Å². The van der Waals surface area contributed by atoms with E-state index >= 15 is 0 Å². The minimum atomic E-state index is -0.268. The molecule has 0 atom stereocenters. The van der Waals surface area contributed by atoms with Crippen LogP contribution in [0.5, 0.6) is 0 Å². The highest BCUT2D eigenvalue weighted by atomic mass is 32.1. The van der Waals surface area contributed by atoms with Gasteiger partial charge in [-0.25, -0.2) is 4.98 Å². The molecule has 0 bridgehead atoms. The molecule has 0 aliphatic carbocycles. The van der Waals surface area contributed by atoms with E-state index in [0.29, 0.717) is 24.0 Å². The van der Waals surface area contributed by atoms with E-state index in [1.165, 1.54) is 28.8 Å². The van der Waals surface area contributed by atoms with Gasteiger partial charge < -0.3 is 4.90 Å². The van der Waals surface area contributed by atoms with Crippen LogP contribution in [0.25, 0.3) is 4.96 Å². The summed E-state index contributed by atoms with van der Waals surface area (Å²) in [5.74, 6) is 0.166. The summed E-state index contributed by atoms with van der Waals surface area (Å²) in [5, 5.41) is 7.29. The highest BCUT2D eigenvalue weighted by Crippen LogP contribution is 2.29. The molecule has 8 heteroatoms. The van der Waals surface area contributed by atoms with Crippen molar-refractivity contribution in [2.75, 3.05) is 13.1 Å². The Labute approximate surface area is 161 Å². The fourth-order valence-corrected chi connectivity index (χ4v) is 4.75. The Hall–Kier alpha value is -2.48. The number of aromatic nitrogens is 4. The number of carbonyl (C=O) groups excluding carboxylic acids is 1. The van der Waals surface area contributed by atoms with Crippen LogP contribution in [0.1, 0.15) is 57.9 Å². The highest BCUT2D eigenvalue weighted by molar-refractivity contribution is 7.17. The minimum Gasteiger partial charge on any atom is -0.338 e. The van der Waals surface area contributed by atoms with E-state index in [0.717, 1.165) is 29.8 Å².